The summed E-state index contributed by atoms with van der Waals surface area (Å²) in [4.78, 5) is 37.7. The molecule has 9 heteroatoms. The van der Waals surface area contributed by atoms with Gasteiger partial charge in [-0.1, -0.05) is 42.5 Å². The lowest BCUT2D eigenvalue weighted by Gasteiger charge is -2.33. The van der Waals surface area contributed by atoms with Gasteiger partial charge < -0.3 is 29.6 Å². The molecule has 1 aliphatic heterocycles. The highest BCUT2D eigenvalue weighted by atomic mass is 16.5. The van der Waals surface area contributed by atoms with E-state index in [0.29, 0.717) is 19.0 Å². The minimum absolute atomic E-state index is 0.0738. The van der Waals surface area contributed by atoms with Gasteiger partial charge in [-0.2, -0.15) is 0 Å². The van der Waals surface area contributed by atoms with Crippen molar-refractivity contribution >= 4 is 18.0 Å². The lowest BCUT2D eigenvalue weighted by Crippen LogP contribution is -2.58. The van der Waals surface area contributed by atoms with E-state index in [1.807, 2.05) is 30.3 Å². The molecule has 1 aliphatic rings. The monoisotopic (exact) mass is 456 g/mol. The van der Waals surface area contributed by atoms with Crippen molar-refractivity contribution < 1.29 is 33.3 Å². The second-order valence-electron chi connectivity index (χ2n) is 7.62. The van der Waals surface area contributed by atoms with Gasteiger partial charge in [0.1, 0.15) is 24.4 Å². The van der Waals surface area contributed by atoms with Crippen molar-refractivity contribution in [2.24, 2.45) is 5.92 Å². The van der Waals surface area contributed by atoms with Crippen LogP contribution in [0.15, 0.2) is 54.6 Å². The number of ether oxygens (including phenoxy) is 4. The summed E-state index contributed by atoms with van der Waals surface area (Å²) in [6.45, 7) is 0.710. The Morgan fingerprint density at radius 1 is 0.970 bits per heavy atom. The average Bonchev–Trinajstić information content (AvgIpc) is 2.81. The molecule has 2 aromatic rings. The molecule has 0 aliphatic carbocycles. The van der Waals surface area contributed by atoms with Gasteiger partial charge in [0.25, 0.3) is 0 Å². The SMILES string of the molecule is COC(=O)[C@H](Cc1ccc(OC)cc1)NC(=O)[C@@H](NC(=O)OCc1ccccc1)C1COC1. The van der Waals surface area contributed by atoms with E-state index in [1.54, 1.807) is 31.4 Å². The van der Waals surface area contributed by atoms with Crippen LogP contribution in [0, 0.1) is 5.92 Å². The molecule has 176 valence electrons. The van der Waals surface area contributed by atoms with Gasteiger partial charge >= 0.3 is 12.1 Å². The van der Waals surface area contributed by atoms with Gasteiger partial charge in [0.05, 0.1) is 27.4 Å². The molecule has 2 amide bonds. The minimum Gasteiger partial charge on any atom is -0.497 e. The normalized spacial score (nSPS) is 14.8. The summed E-state index contributed by atoms with van der Waals surface area (Å²) in [6.07, 6.45) is -0.509. The lowest BCUT2D eigenvalue weighted by atomic mass is 9.96. The van der Waals surface area contributed by atoms with Gasteiger partial charge in [0, 0.05) is 12.3 Å². The summed E-state index contributed by atoms with van der Waals surface area (Å²) >= 11 is 0. The van der Waals surface area contributed by atoms with Crippen LogP contribution >= 0.6 is 0 Å². The van der Waals surface area contributed by atoms with Gasteiger partial charge in [-0.3, -0.25) is 4.79 Å². The lowest BCUT2D eigenvalue weighted by molar-refractivity contribution is -0.146. The van der Waals surface area contributed by atoms with Gasteiger partial charge in [0.2, 0.25) is 5.91 Å². The highest BCUT2D eigenvalue weighted by Gasteiger charge is 2.37. The smallest absolute Gasteiger partial charge is 0.408 e. The zero-order valence-electron chi connectivity index (χ0n) is 18.6. The standard InChI is InChI=1S/C24H28N2O7/c1-30-19-10-8-16(9-11-19)12-20(23(28)31-2)25-22(27)21(18-14-32-15-18)26-24(29)33-13-17-6-4-3-5-7-17/h3-11,18,20-21H,12-15H2,1-2H3,(H,25,27)(H,26,29)/t20-,21-/m0/s1. The largest absolute Gasteiger partial charge is 0.497 e. The number of amides is 2. The maximum atomic E-state index is 13.0. The van der Waals surface area contributed by atoms with Crippen LogP contribution in [0.5, 0.6) is 5.75 Å². The van der Waals surface area contributed by atoms with Gasteiger partial charge in [-0.05, 0) is 23.3 Å². The second kappa shape index (κ2) is 11.9. The Bertz CT molecular complexity index is 930. The zero-order chi connectivity index (χ0) is 23.6. The van der Waals surface area contributed by atoms with E-state index in [1.165, 1.54) is 7.11 Å². The predicted molar refractivity (Wildman–Crippen MR) is 119 cm³/mol. The number of nitrogens with one attached hydrogen (secondary N) is 2. The van der Waals surface area contributed by atoms with Gasteiger partial charge in [0.15, 0.2) is 0 Å². The van der Waals surface area contributed by atoms with E-state index < -0.39 is 30.1 Å². The molecule has 2 aromatic carbocycles. The average molecular weight is 456 g/mol. The first-order chi connectivity index (χ1) is 16.0. The molecule has 0 bridgehead atoms. The number of rotatable bonds is 10. The van der Waals surface area contributed by atoms with Crippen LogP contribution in [0.2, 0.25) is 0 Å². The minimum atomic E-state index is -0.929. The molecule has 0 spiro atoms. The van der Waals surface area contributed by atoms with Crippen molar-refractivity contribution in [1.29, 1.82) is 0 Å². The zero-order valence-corrected chi connectivity index (χ0v) is 18.6. The van der Waals surface area contributed by atoms with E-state index in [-0.39, 0.29) is 18.9 Å². The molecule has 0 radical (unpaired) electrons. The fourth-order valence-electron chi connectivity index (χ4n) is 3.33. The summed E-state index contributed by atoms with van der Waals surface area (Å²) in [5, 5.41) is 5.31. The molecule has 0 saturated carbocycles. The first kappa shape index (κ1) is 24.1. The topological polar surface area (TPSA) is 112 Å². The molecular weight excluding hydrogens is 428 g/mol. The summed E-state index contributed by atoms with van der Waals surface area (Å²) in [6, 6.07) is 14.5. The quantitative estimate of drug-likeness (QED) is 0.525. The molecule has 3 rings (SSSR count). The first-order valence-electron chi connectivity index (χ1n) is 10.6. The van der Waals surface area contributed by atoms with Crippen molar-refractivity contribution in [3.8, 4) is 5.75 Å². The summed E-state index contributed by atoms with van der Waals surface area (Å²) in [5.74, 6) is -0.646. The van der Waals surface area contributed by atoms with Crippen molar-refractivity contribution in [2.75, 3.05) is 27.4 Å². The number of hydrogen-bond acceptors (Lipinski definition) is 7. The van der Waals surface area contributed by atoms with E-state index >= 15 is 0 Å². The molecule has 1 heterocycles. The highest BCUT2D eigenvalue weighted by molar-refractivity contribution is 5.90. The molecule has 33 heavy (non-hydrogen) atoms. The van der Waals surface area contributed by atoms with Crippen LogP contribution in [-0.4, -0.2) is 57.5 Å². The van der Waals surface area contributed by atoms with E-state index in [9.17, 15) is 14.4 Å². The molecule has 2 N–H and O–H groups in total. The van der Waals surface area contributed by atoms with Gasteiger partial charge in [-0.15, -0.1) is 0 Å². The Morgan fingerprint density at radius 3 is 2.24 bits per heavy atom. The van der Waals surface area contributed by atoms with E-state index in [4.69, 9.17) is 18.9 Å². The van der Waals surface area contributed by atoms with E-state index in [2.05, 4.69) is 10.6 Å². The second-order valence-corrected chi connectivity index (χ2v) is 7.62. The van der Waals surface area contributed by atoms with Crippen molar-refractivity contribution in [1.82, 2.24) is 10.6 Å². The molecule has 2 atom stereocenters. The third-order valence-corrected chi connectivity index (χ3v) is 5.30. The van der Waals surface area contributed by atoms with Crippen LogP contribution in [0.4, 0.5) is 4.79 Å². The number of hydrogen-bond donors (Lipinski definition) is 2. The van der Waals surface area contributed by atoms with Crippen molar-refractivity contribution in [3.63, 3.8) is 0 Å². The van der Waals surface area contributed by atoms with Crippen LogP contribution in [-0.2, 0) is 36.8 Å². The summed E-state index contributed by atoms with van der Waals surface area (Å²) in [7, 11) is 2.82. The number of benzene rings is 2. The highest BCUT2D eigenvalue weighted by Crippen LogP contribution is 2.17. The molecule has 1 fully saturated rings. The van der Waals surface area contributed by atoms with E-state index in [0.717, 1.165) is 11.1 Å². The van der Waals surface area contributed by atoms with Gasteiger partial charge in [-0.25, -0.2) is 9.59 Å². The predicted octanol–water partition coefficient (Wildman–Crippen LogP) is 1.84. The maximum Gasteiger partial charge on any atom is 0.408 e. The van der Waals surface area contributed by atoms with Crippen LogP contribution < -0.4 is 15.4 Å². The van der Waals surface area contributed by atoms with Crippen molar-refractivity contribution in [3.05, 3.63) is 65.7 Å². The van der Waals surface area contributed by atoms with Crippen LogP contribution in [0.25, 0.3) is 0 Å². The Kier molecular flexibility index (Phi) is 8.65. The van der Waals surface area contributed by atoms with Crippen molar-refractivity contribution in [2.45, 2.75) is 25.1 Å². The Balaban J connectivity index is 1.63. The molecule has 9 nitrogen and oxygen atoms in total. The number of methoxy groups -OCH3 is 2. The number of alkyl carbamates (subject to hydrolysis) is 1. The Labute approximate surface area is 192 Å². The molecule has 1 saturated heterocycles. The molecule has 0 aromatic heterocycles. The Morgan fingerprint density at radius 2 is 1.67 bits per heavy atom. The maximum absolute atomic E-state index is 13.0. The Hall–Kier alpha value is -3.59. The first-order valence-corrected chi connectivity index (χ1v) is 10.6. The summed E-state index contributed by atoms with van der Waals surface area (Å²) < 4.78 is 20.4. The fraction of sp³-hybridized carbons (Fsp3) is 0.375. The van der Waals surface area contributed by atoms with Crippen LogP contribution in [0.1, 0.15) is 11.1 Å². The number of carbonyl (C=O) groups excluding carboxylic acids is 3. The molecule has 0 unspecified atom stereocenters. The molecular formula is C24H28N2O7. The number of carbonyl (C=O) groups is 3. The number of esters is 1. The summed E-state index contributed by atoms with van der Waals surface area (Å²) in [5.41, 5.74) is 1.64. The fourth-order valence-corrected chi connectivity index (χ4v) is 3.33. The van der Waals surface area contributed by atoms with Crippen LogP contribution in [0.3, 0.4) is 0 Å². The third-order valence-electron chi connectivity index (χ3n) is 5.30. The third kappa shape index (κ3) is 6.95.